The van der Waals surface area contributed by atoms with Crippen LogP contribution in [0.1, 0.15) is 17.0 Å². The molecule has 1 fully saturated rings. The number of aromatic nitrogens is 1. The highest BCUT2D eigenvalue weighted by Crippen LogP contribution is 2.40. The van der Waals surface area contributed by atoms with Crippen LogP contribution in [0.25, 0.3) is 10.9 Å². The first-order chi connectivity index (χ1) is 15.7. The minimum Gasteiger partial charge on any atom is -0.493 e. The van der Waals surface area contributed by atoms with E-state index in [1.165, 1.54) is 10.9 Å². The number of ether oxygens (including phenoxy) is 3. The van der Waals surface area contributed by atoms with Crippen LogP contribution in [0.2, 0.25) is 0 Å². The molecule has 0 spiro atoms. The van der Waals surface area contributed by atoms with Gasteiger partial charge in [0.1, 0.15) is 0 Å². The van der Waals surface area contributed by atoms with Gasteiger partial charge in [-0.05, 0) is 17.7 Å². The van der Waals surface area contributed by atoms with E-state index in [2.05, 4.69) is 45.7 Å². The summed E-state index contributed by atoms with van der Waals surface area (Å²) in [6, 6.07) is 14.3. The van der Waals surface area contributed by atoms with Crippen molar-refractivity contribution in [3.63, 3.8) is 0 Å². The summed E-state index contributed by atoms with van der Waals surface area (Å²) in [7, 11) is 3.33. The number of benzene rings is 2. The average molecular weight is 440 g/mol. The molecular formula is C25H33N3O4. The van der Waals surface area contributed by atoms with Crippen molar-refractivity contribution in [3.8, 4) is 11.5 Å². The van der Waals surface area contributed by atoms with Gasteiger partial charge < -0.3 is 29.6 Å². The molecule has 4 rings (SSSR count). The molecule has 2 aromatic carbocycles. The van der Waals surface area contributed by atoms with Gasteiger partial charge in [-0.1, -0.05) is 30.3 Å². The van der Waals surface area contributed by atoms with Crippen LogP contribution in [0.3, 0.4) is 0 Å². The fraction of sp³-hybridized carbons (Fsp3) is 0.440. The first-order valence-corrected chi connectivity index (χ1v) is 11.2. The summed E-state index contributed by atoms with van der Waals surface area (Å²) >= 11 is 0. The van der Waals surface area contributed by atoms with Gasteiger partial charge in [0.05, 0.1) is 33.5 Å². The zero-order chi connectivity index (χ0) is 22.3. The van der Waals surface area contributed by atoms with E-state index in [4.69, 9.17) is 14.2 Å². The fourth-order valence-corrected chi connectivity index (χ4v) is 4.50. The summed E-state index contributed by atoms with van der Waals surface area (Å²) in [5, 5.41) is 15.2. The molecule has 0 aliphatic carbocycles. The molecule has 3 aromatic rings. The number of H-pyrrole nitrogens is 1. The minimum atomic E-state index is -0.441. The van der Waals surface area contributed by atoms with Gasteiger partial charge in [-0.2, -0.15) is 0 Å². The van der Waals surface area contributed by atoms with Gasteiger partial charge in [0.2, 0.25) is 0 Å². The Morgan fingerprint density at radius 3 is 2.62 bits per heavy atom. The normalized spacial score (nSPS) is 16.7. The number of β-amino-alcohol motifs (C(OH)–C–C–N with tert-alkyl or cyclic N) is 1. The molecule has 7 heteroatoms. The lowest BCUT2D eigenvalue weighted by molar-refractivity contribution is 0.0149. The number of aromatic amines is 1. The van der Waals surface area contributed by atoms with E-state index >= 15 is 0 Å². The minimum absolute atomic E-state index is 0.0202. The van der Waals surface area contributed by atoms with E-state index in [1.807, 2.05) is 18.2 Å². The van der Waals surface area contributed by atoms with Crippen LogP contribution < -0.4 is 14.8 Å². The molecule has 0 amide bonds. The number of morpholine rings is 1. The molecule has 0 bridgehead atoms. The number of para-hydroxylation sites is 2. The van der Waals surface area contributed by atoms with Gasteiger partial charge in [-0.25, -0.2) is 0 Å². The molecule has 0 saturated carbocycles. The SMILES string of the molecule is COc1cccc([C@H](CNC[C@H](O)CN2CCOCC2)c2c[nH]c3ccccc23)c1OC. The Balaban J connectivity index is 1.55. The molecule has 0 radical (unpaired) electrons. The Morgan fingerprint density at radius 1 is 1.03 bits per heavy atom. The van der Waals surface area contributed by atoms with Gasteiger partial charge in [0, 0.05) is 61.3 Å². The highest BCUT2D eigenvalue weighted by molar-refractivity contribution is 5.84. The van der Waals surface area contributed by atoms with Gasteiger partial charge in [-0.3, -0.25) is 4.90 Å². The Morgan fingerprint density at radius 2 is 1.84 bits per heavy atom. The Labute approximate surface area is 189 Å². The lowest BCUT2D eigenvalue weighted by Crippen LogP contribution is -2.44. The Bertz CT molecular complexity index is 1000. The van der Waals surface area contributed by atoms with Crippen molar-refractivity contribution in [2.75, 3.05) is 60.2 Å². The third-order valence-corrected chi connectivity index (χ3v) is 6.11. The maximum atomic E-state index is 10.6. The molecule has 2 atom stereocenters. The summed E-state index contributed by atoms with van der Waals surface area (Å²) in [5.74, 6) is 1.47. The summed E-state index contributed by atoms with van der Waals surface area (Å²) in [5.41, 5.74) is 3.33. The lowest BCUT2D eigenvalue weighted by atomic mass is 9.89. The zero-order valence-corrected chi connectivity index (χ0v) is 18.8. The summed E-state index contributed by atoms with van der Waals surface area (Å²) in [6.07, 6.45) is 1.63. The second-order valence-corrected chi connectivity index (χ2v) is 8.15. The van der Waals surface area contributed by atoms with Crippen LogP contribution in [0.4, 0.5) is 0 Å². The molecule has 3 N–H and O–H groups in total. The van der Waals surface area contributed by atoms with E-state index in [9.17, 15) is 5.11 Å². The average Bonchev–Trinajstić information content (AvgIpc) is 3.26. The molecule has 172 valence electrons. The van der Waals surface area contributed by atoms with Crippen molar-refractivity contribution in [1.82, 2.24) is 15.2 Å². The number of methoxy groups -OCH3 is 2. The number of aliphatic hydroxyl groups is 1. The molecule has 0 unspecified atom stereocenters. The monoisotopic (exact) mass is 439 g/mol. The first kappa shape index (κ1) is 22.6. The molecule has 7 nitrogen and oxygen atoms in total. The summed E-state index contributed by atoms with van der Waals surface area (Å²) in [4.78, 5) is 5.64. The topological polar surface area (TPSA) is 79.0 Å². The van der Waals surface area contributed by atoms with E-state index in [-0.39, 0.29) is 5.92 Å². The highest BCUT2D eigenvalue weighted by Gasteiger charge is 2.24. The molecule has 1 aliphatic heterocycles. The van der Waals surface area contributed by atoms with Gasteiger partial charge in [0.15, 0.2) is 11.5 Å². The third kappa shape index (κ3) is 5.07. The Kier molecular flexibility index (Phi) is 7.65. The number of aliphatic hydroxyl groups excluding tert-OH is 1. The van der Waals surface area contributed by atoms with Crippen LogP contribution in [-0.4, -0.2) is 81.3 Å². The fourth-order valence-electron chi connectivity index (χ4n) is 4.50. The maximum absolute atomic E-state index is 10.6. The van der Waals surface area contributed by atoms with Crippen molar-refractivity contribution in [3.05, 3.63) is 59.8 Å². The van der Waals surface area contributed by atoms with E-state index in [1.54, 1.807) is 14.2 Å². The predicted octanol–water partition coefficient (Wildman–Crippen LogP) is 2.60. The number of hydrogen-bond donors (Lipinski definition) is 3. The van der Waals surface area contributed by atoms with E-state index in [0.717, 1.165) is 43.1 Å². The number of fused-ring (bicyclic) bond motifs is 1. The van der Waals surface area contributed by atoms with Crippen LogP contribution in [0.5, 0.6) is 11.5 Å². The maximum Gasteiger partial charge on any atom is 0.164 e. The Hall–Kier alpha value is -2.58. The lowest BCUT2D eigenvalue weighted by Gasteiger charge is -2.29. The van der Waals surface area contributed by atoms with Crippen molar-refractivity contribution in [2.24, 2.45) is 0 Å². The highest BCUT2D eigenvalue weighted by atomic mass is 16.5. The van der Waals surface area contributed by atoms with Crippen LogP contribution in [0, 0.1) is 0 Å². The number of hydrogen-bond acceptors (Lipinski definition) is 6. The first-order valence-electron chi connectivity index (χ1n) is 11.2. The largest absolute Gasteiger partial charge is 0.493 e. The zero-order valence-electron chi connectivity index (χ0n) is 18.8. The van der Waals surface area contributed by atoms with Gasteiger partial charge in [-0.15, -0.1) is 0 Å². The molecule has 1 saturated heterocycles. The predicted molar refractivity (Wildman–Crippen MR) is 126 cm³/mol. The summed E-state index contributed by atoms with van der Waals surface area (Å²) < 4.78 is 16.7. The molecule has 32 heavy (non-hydrogen) atoms. The molecular weight excluding hydrogens is 406 g/mol. The second-order valence-electron chi connectivity index (χ2n) is 8.15. The quantitative estimate of drug-likeness (QED) is 0.451. The molecule has 1 aromatic heterocycles. The van der Waals surface area contributed by atoms with Crippen LogP contribution in [0.15, 0.2) is 48.7 Å². The van der Waals surface area contributed by atoms with Crippen molar-refractivity contribution in [2.45, 2.75) is 12.0 Å². The van der Waals surface area contributed by atoms with Crippen LogP contribution in [-0.2, 0) is 4.74 Å². The standard InChI is InChI=1S/C25H33N3O4/c1-30-24-9-5-7-20(25(24)31-2)21(22-16-27-23-8-4-3-6-19(22)23)15-26-14-18(29)17-28-10-12-32-13-11-28/h3-9,16,18,21,26-27,29H,10-15,17H2,1-2H3/t18-,21-/m0/s1. The van der Waals surface area contributed by atoms with Gasteiger partial charge in [0.25, 0.3) is 0 Å². The third-order valence-electron chi connectivity index (χ3n) is 6.11. The number of nitrogens with one attached hydrogen (secondary N) is 2. The number of nitrogens with zero attached hydrogens (tertiary/aromatic N) is 1. The molecule has 1 aliphatic rings. The van der Waals surface area contributed by atoms with Crippen molar-refractivity contribution < 1.29 is 19.3 Å². The van der Waals surface area contributed by atoms with Gasteiger partial charge >= 0.3 is 0 Å². The smallest absolute Gasteiger partial charge is 0.164 e. The number of rotatable bonds is 10. The molecule has 2 heterocycles. The van der Waals surface area contributed by atoms with Crippen LogP contribution >= 0.6 is 0 Å². The summed E-state index contributed by atoms with van der Waals surface area (Å²) in [6.45, 7) is 5.04. The van der Waals surface area contributed by atoms with E-state index < -0.39 is 6.10 Å². The van der Waals surface area contributed by atoms with E-state index in [0.29, 0.717) is 25.4 Å². The van der Waals surface area contributed by atoms with Crippen molar-refractivity contribution in [1.29, 1.82) is 0 Å². The second kappa shape index (κ2) is 10.8. The van der Waals surface area contributed by atoms with Crippen molar-refractivity contribution >= 4 is 10.9 Å².